The summed E-state index contributed by atoms with van der Waals surface area (Å²) >= 11 is 0. The van der Waals surface area contributed by atoms with Gasteiger partial charge >= 0.3 is 0 Å². The van der Waals surface area contributed by atoms with E-state index >= 15 is 0 Å². The first-order chi connectivity index (χ1) is 6.61. The SMILES string of the molecule is CC(C)C(O)C(C)Cc1ccccc1. The third-order valence-electron chi connectivity index (χ3n) is 2.67. The average Bonchev–Trinajstić information content (AvgIpc) is 2.18. The van der Waals surface area contributed by atoms with Crippen LogP contribution in [0.25, 0.3) is 0 Å². The van der Waals surface area contributed by atoms with Gasteiger partial charge < -0.3 is 5.11 Å². The minimum Gasteiger partial charge on any atom is -0.393 e. The van der Waals surface area contributed by atoms with Crippen molar-refractivity contribution >= 4 is 0 Å². The second-order valence-corrected chi connectivity index (χ2v) is 4.40. The molecular weight excluding hydrogens is 172 g/mol. The zero-order valence-electron chi connectivity index (χ0n) is 9.27. The summed E-state index contributed by atoms with van der Waals surface area (Å²) in [6.07, 6.45) is 0.760. The van der Waals surface area contributed by atoms with Crippen LogP contribution in [0.4, 0.5) is 0 Å². The van der Waals surface area contributed by atoms with Crippen molar-refractivity contribution in [1.29, 1.82) is 0 Å². The van der Waals surface area contributed by atoms with E-state index in [2.05, 4.69) is 32.9 Å². The largest absolute Gasteiger partial charge is 0.393 e. The van der Waals surface area contributed by atoms with Crippen molar-refractivity contribution in [2.75, 3.05) is 0 Å². The highest BCUT2D eigenvalue weighted by atomic mass is 16.3. The molecule has 2 atom stereocenters. The molecular formula is C13H20O. The molecule has 0 radical (unpaired) electrons. The minimum absolute atomic E-state index is 0.199. The highest BCUT2D eigenvalue weighted by Crippen LogP contribution is 2.17. The molecule has 2 unspecified atom stereocenters. The Morgan fingerprint density at radius 1 is 1.07 bits per heavy atom. The third kappa shape index (κ3) is 3.15. The van der Waals surface area contributed by atoms with Crippen LogP contribution in [0.3, 0.4) is 0 Å². The Labute approximate surface area is 86.8 Å². The fourth-order valence-electron chi connectivity index (χ4n) is 1.76. The fraction of sp³-hybridized carbons (Fsp3) is 0.538. The van der Waals surface area contributed by atoms with Gasteiger partial charge in [0, 0.05) is 0 Å². The maximum atomic E-state index is 9.86. The Morgan fingerprint density at radius 2 is 1.64 bits per heavy atom. The molecule has 1 nitrogen and oxygen atoms in total. The lowest BCUT2D eigenvalue weighted by Crippen LogP contribution is -2.25. The van der Waals surface area contributed by atoms with Crippen LogP contribution in [-0.4, -0.2) is 11.2 Å². The highest BCUT2D eigenvalue weighted by Gasteiger charge is 2.17. The number of benzene rings is 1. The van der Waals surface area contributed by atoms with Crippen molar-refractivity contribution in [2.45, 2.75) is 33.3 Å². The molecule has 0 saturated carbocycles. The van der Waals surface area contributed by atoms with Crippen molar-refractivity contribution in [3.8, 4) is 0 Å². The van der Waals surface area contributed by atoms with Crippen LogP contribution in [0, 0.1) is 11.8 Å². The summed E-state index contributed by atoms with van der Waals surface area (Å²) in [6.45, 7) is 6.23. The standard InChI is InChI=1S/C13H20O/c1-10(2)13(14)11(3)9-12-7-5-4-6-8-12/h4-8,10-11,13-14H,9H2,1-3H3. The number of aliphatic hydroxyl groups is 1. The van der Waals surface area contributed by atoms with Gasteiger partial charge in [0.15, 0.2) is 0 Å². The van der Waals surface area contributed by atoms with Crippen LogP contribution in [0.2, 0.25) is 0 Å². The molecule has 0 aromatic heterocycles. The average molecular weight is 192 g/mol. The molecule has 1 aromatic rings. The Balaban J connectivity index is 2.53. The van der Waals surface area contributed by atoms with Crippen molar-refractivity contribution < 1.29 is 5.11 Å². The second kappa shape index (κ2) is 5.16. The van der Waals surface area contributed by atoms with Crippen molar-refractivity contribution in [3.05, 3.63) is 35.9 Å². The van der Waals surface area contributed by atoms with Gasteiger partial charge in [-0.2, -0.15) is 0 Å². The normalized spacial score (nSPS) is 15.5. The zero-order valence-corrected chi connectivity index (χ0v) is 9.27. The number of rotatable bonds is 4. The van der Waals surface area contributed by atoms with Crippen molar-refractivity contribution in [2.24, 2.45) is 11.8 Å². The topological polar surface area (TPSA) is 20.2 Å². The van der Waals surface area contributed by atoms with Crippen LogP contribution in [0.5, 0.6) is 0 Å². The quantitative estimate of drug-likeness (QED) is 0.777. The Morgan fingerprint density at radius 3 is 2.14 bits per heavy atom. The lowest BCUT2D eigenvalue weighted by atomic mass is 9.90. The van der Waals surface area contributed by atoms with Gasteiger partial charge in [-0.05, 0) is 23.8 Å². The zero-order chi connectivity index (χ0) is 10.6. The first-order valence-corrected chi connectivity index (χ1v) is 5.33. The number of hydrogen-bond acceptors (Lipinski definition) is 1. The maximum absolute atomic E-state index is 9.86. The van der Waals surface area contributed by atoms with Gasteiger partial charge in [-0.3, -0.25) is 0 Å². The molecule has 1 rings (SSSR count). The highest BCUT2D eigenvalue weighted by molar-refractivity contribution is 5.15. The van der Waals surface area contributed by atoms with Gasteiger partial charge in [-0.25, -0.2) is 0 Å². The predicted octanol–water partition coefficient (Wildman–Crippen LogP) is 2.88. The van der Waals surface area contributed by atoms with E-state index in [0.717, 1.165) is 6.42 Å². The maximum Gasteiger partial charge on any atom is 0.0591 e. The molecule has 78 valence electrons. The van der Waals surface area contributed by atoms with E-state index in [9.17, 15) is 5.11 Å². The predicted molar refractivity (Wildman–Crippen MR) is 60.2 cm³/mol. The summed E-state index contributed by atoms with van der Waals surface area (Å²) in [6, 6.07) is 10.3. The minimum atomic E-state index is -0.199. The molecule has 1 N–H and O–H groups in total. The molecule has 1 heteroatoms. The monoisotopic (exact) mass is 192 g/mol. The molecule has 0 spiro atoms. The Bertz CT molecular complexity index is 253. The van der Waals surface area contributed by atoms with E-state index < -0.39 is 0 Å². The van der Waals surface area contributed by atoms with E-state index in [1.165, 1.54) is 5.56 Å². The summed E-state index contributed by atoms with van der Waals surface area (Å²) in [5.41, 5.74) is 1.31. The molecule has 0 aliphatic rings. The van der Waals surface area contributed by atoms with E-state index in [-0.39, 0.29) is 6.10 Å². The molecule has 1 aromatic carbocycles. The van der Waals surface area contributed by atoms with Crippen LogP contribution >= 0.6 is 0 Å². The molecule has 0 fully saturated rings. The number of aliphatic hydroxyl groups excluding tert-OH is 1. The van der Waals surface area contributed by atoms with E-state index in [0.29, 0.717) is 11.8 Å². The van der Waals surface area contributed by atoms with Crippen molar-refractivity contribution in [1.82, 2.24) is 0 Å². The van der Waals surface area contributed by atoms with Gasteiger partial charge in [-0.1, -0.05) is 51.1 Å². The summed E-state index contributed by atoms with van der Waals surface area (Å²) in [4.78, 5) is 0. The van der Waals surface area contributed by atoms with Gasteiger partial charge in [0.25, 0.3) is 0 Å². The van der Waals surface area contributed by atoms with Gasteiger partial charge in [0.05, 0.1) is 6.10 Å². The van der Waals surface area contributed by atoms with E-state index in [4.69, 9.17) is 0 Å². The molecule has 0 heterocycles. The first-order valence-electron chi connectivity index (χ1n) is 5.33. The van der Waals surface area contributed by atoms with Gasteiger partial charge in [0.2, 0.25) is 0 Å². The van der Waals surface area contributed by atoms with Crippen LogP contribution < -0.4 is 0 Å². The summed E-state index contributed by atoms with van der Waals surface area (Å²) in [5, 5.41) is 9.86. The number of hydrogen-bond donors (Lipinski definition) is 1. The molecule has 14 heavy (non-hydrogen) atoms. The Hall–Kier alpha value is -0.820. The molecule has 0 amide bonds. The lowest BCUT2D eigenvalue weighted by Gasteiger charge is -2.22. The van der Waals surface area contributed by atoms with E-state index in [1.54, 1.807) is 0 Å². The lowest BCUT2D eigenvalue weighted by molar-refractivity contribution is 0.0724. The third-order valence-corrected chi connectivity index (χ3v) is 2.67. The fourth-order valence-corrected chi connectivity index (χ4v) is 1.76. The van der Waals surface area contributed by atoms with Crippen molar-refractivity contribution in [3.63, 3.8) is 0 Å². The smallest absolute Gasteiger partial charge is 0.0591 e. The molecule has 0 saturated heterocycles. The summed E-state index contributed by atoms with van der Waals surface area (Å²) in [7, 11) is 0. The van der Waals surface area contributed by atoms with E-state index in [1.807, 2.05) is 18.2 Å². The van der Waals surface area contributed by atoms with Gasteiger partial charge in [-0.15, -0.1) is 0 Å². The first kappa shape index (κ1) is 11.3. The van der Waals surface area contributed by atoms with Crippen LogP contribution in [0.1, 0.15) is 26.3 Å². The summed E-state index contributed by atoms with van der Waals surface area (Å²) in [5.74, 6) is 0.672. The molecule has 0 bridgehead atoms. The second-order valence-electron chi connectivity index (χ2n) is 4.40. The summed E-state index contributed by atoms with van der Waals surface area (Å²) < 4.78 is 0. The van der Waals surface area contributed by atoms with Crippen LogP contribution in [-0.2, 0) is 6.42 Å². The van der Waals surface area contributed by atoms with Crippen LogP contribution in [0.15, 0.2) is 30.3 Å². The molecule has 0 aliphatic heterocycles. The molecule has 0 aliphatic carbocycles. The Kier molecular flexibility index (Phi) is 4.15. The van der Waals surface area contributed by atoms with Gasteiger partial charge in [0.1, 0.15) is 0 Å².